The van der Waals surface area contributed by atoms with Crippen molar-refractivity contribution in [2.24, 2.45) is 0 Å². The van der Waals surface area contributed by atoms with Crippen molar-refractivity contribution in [3.63, 3.8) is 0 Å². The van der Waals surface area contributed by atoms with Crippen molar-refractivity contribution >= 4 is 16.7 Å². The quantitative estimate of drug-likeness (QED) is 0.746. The van der Waals surface area contributed by atoms with Crippen LogP contribution in [0.15, 0.2) is 42.7 Å². The molecule has 2 N–H and O–H groups in total. The van der Waals surface area contributed by atoms with E-state index in [-0.39, 0.29) is 0 Å². The summed E-state index contributed by atoms with van der Waals surface area (Å²) < 4.78 is 8.12. The van der Waals surface area contributed by atoms with Crippen LogP contribution in [-0.4, -0.2) is 14.5 Å². The first-order chi connectivity index (χ1) is 10.3. The van der Waals surface area contributed by atoms with Gasteiger partial charge in [-0.25, -0.2) is 4.98 Å². The van der Waals surface area contributed by atoms with Crippen molar-refractivity contribution in [1.29, 1.82) is 0 Å². The van der Waals surface area contributed by atoms with E-state index in [1.54, 1.807) is 6.20 Å². The van der Waals surface area contributed by atoms with Crippen LogP contribution in [0.25, 0.3) is 11.0 Å². The number of hydrogen-bond acceptors (Lipinski definition) is 4. The predicted octanol–water partition coefficient (Wildman–Crippen LogP) is 2.93. The summed E-state index contributed by atoms with van der Waals surface area (Å²) in [5, 5.41) is 0. The molecule has 2 heterocycles. The van der Waals surface area contributed by atoms with Crippen LogP contribution in [0, 0.1) is 0 Å². The molecule has 1 saturated carbocycles. The summed E-state index contributed by atoms with van der Waals surface area (Å²) >= 11 is 0. The molecule has 21 heavy (non-hydrogen) atoms. The molecular formula is C16H16N4O. The van der Waals surface area contributed by atoms with Gasteiger partial charge in [-0.3, -0.25) is 4.98 Å². The van der Waals surface area contributed by atoms with Gasteiger partial charge < -0.3 is 15.0 Å². The number of ether oxygens (including phenoxy) is 1. The molecule has 1 aliphatic rings. The van der Waals surface area contributed by atoms with Gasteiger partial charge >= 0.3 is 0 Å². The van der Waals surface area contributed by atoms with Crippen molar-refractivity contribution in [1.82, 2.24) is 14.5 Å². The molecule has 0 radical (unpaired) electrons. The second-order valence-corrected chi connectivity index (χ2v) is 5.35. The monoisotopic (exact) mass is 280 g/mol. The average Bonchev–Trinajstić information content (AvgIpc) is 3.27. The third-order valence-electron chi connectivity index (χ3n) is 3.72. The van der Waals surface area contributed by atoms with Crippen molar-refractivity contribution in [3.05, 3.63) is 48.5 Å². The third-order valence-corrected chi connectivity index (χ3v) is 3.72. The van der Waals surface area contributed by atoms with Crippen LogP contribution in [0.2, 0.25) is 0 Å². The zero-order valence-corrected chi connectivity index (χ0v) is 11.6. The van der Waals surface area contributed by atoms with E-state index in [9.17, 15) is 0 Å². The van der Waals surface area contributed by atoms with Gasteiger partial charge in [0.1, 0.15) is 23.7 Å². The van der Waals surface area contributed by atoms with Crippen molar-refractivity contribution in [2.75, 3.05) is 5.73 Å². The normalized spacial score (nSPS) is 14.5. The van der Waals surface area contributed by atoms with E-state index < -0.39 is 0 Å². The van der Waals surface area contributed by atoms with Gasteiger partial charge in [-0.05, 0) is 43.2 Å². The number of rotatable bonds is 4. The van der Waals surface area contributed by atoms with Crippen molar-refractivity contribution in [2.45, 2.75) is 25.5 Å². The van der Waals surface area contributed by atoms with Gasteiger partial charge in [-0.15, -0.1) is 0 Å². The zero-order chi connectivity index (χ0) is 14.2. The second kappa shape index (κ2) is 4.77. The van der Waals surface area contributed by atoms with Gasteiger partial charge in [0.2, 0.25) is 0 Å². The molecule has 1 fully saturated rings. The Hall–Kier alpha value is -2.56. The maximum atomic E-state index is 5.84. The lowest BCUT2D eigenvalue weighted by Gasteiger charge is -2.09. The SMILES string of the molecule is Nc1ccc(OCc2nc3cnccc3n2C2CC2)cc1. The minimum absolute atomic E-state index is 0.453. The highest BCUT2D eigenvalue weighted by Crippen LogP contribution is 2.38. The van der Waals surface area contributed by atoms with E-state index in [1.807, 2.05) is 36.5 Å². The molecule has 0 spiro atoms. The lowest BCUT2D eigenvalue weighted by atomic mass is 10.3. The topological polar surface area (TPSA) is 66.0 Å². The Morgan fingerprint density at radius 2 is 2.00 bits per heavy atom. The standard InChI is InChI=1S/C16H16N4O/c17-11-1-5-13(6-2-11)21-10-16-19-14-9-18-8-7-15(14)20(16)12-3-4-12/h1-2,5-9,12H,3-4,10,17H2. The van der Waals surface area contributed by atoms with Crippen LogP contribution in [0.5, 0.6) is 5.75 Å². The first kappa shape index (κ1) is 12.2. The predicted molar refractivity (Wildman–Crippen MR) is 81.0 cm³/mol. The largest absolute Gasteiger partial charge is 0.486 e. The number of benzene rings is 1. The highest BCUT2D eigenvalue weighted by Gasteiger charge is 2.28. The lowest BCUT2D eigenvalue weighted by molar-refractivity contribution is 0.290. The summed E-state index contributed by atoms with van der Waals surface area (Å²) in [6.07, 6.45) is 6.04. The van der Waals surface area contributed by atoms with E-state index in [2.05, 4.69) is 14.5 Å². The van der Waals surface area contributed by atoms with Crippen molar-refractivity contribution in [3.8, 4) is 5.75 Å². The van der Waals surface area contributed by atoms with E-state index in [4.69, 9.17) is 10.5 Å². The summed E-state index contributed by atoms with van der Waals surface area (Å²) in [5.74, 6) is 1.76. The number of fused-ring (bicyclic) bond motifs is 1. The molecule has 0 bridgehead atoms. The molecule has 0 saturated heterocycles. The summed E-state index contributed by atoms with van der Waals surface area (Å²) in [4.78, 5) is 8.80. The van der Waals surface area contributed by atoms with Gasteiger partial charge in [0, 0.05) is 17.9 Å². The minimum atomic E-state index is 0.453. The van der Waals surface area contributed by atoms with Gasteiger partial charge in [0.05, 0.1) is 11.7 Å². The highest BCUT2D eigenvalue weighted by atomic mass is 16.5. The molecule has 4 rings (SSSR count). The Kier molecular flexibility index (Phi) is 2.77. The molecule has 0 atom stereocenters. The Labute approximate surface area is 122 Å². The number of hydrogen-bond donors (Lipinski definition) is 1. The first-order valence-electron chi connectivity index (χ1n) is 7.10. The molecule has 5 nitrogen and oxygen atoms in total. The van der Waals surface area contributed by atoms with Gasteiger partial charge in [0.25, 0.3) is 0 Å². The molecule has 2 aromatic heterocycles. The summed E-state index contributed by atoms with van der Waals surface area (Å²) in [6.45, 7) is 0.453. The van der Waals surface area contributed by atoms with Crippen LogP contribution in [-0.2, 0) is 6.61 Å². The molecule has 106 valence electrons. The van der Waals surface area contributed by atoms with E-state index in [0.29, 0.717) is 12.6 Å². The summed E-state index contributed by atoms with van der Waals surface area (Å²) in [5.41, 5.74) is 8.49. The lowest BCUT2D eigenvalue weighted by Crippen LogP contribution is -2.05. The van der Waals surface area contributed by atoms with Gasteiger partial charge in [0.15, 0.2) is 0 Å². The van der Waals surface area contributed by atoms with Crippen LogP contribution in [0.1, 0.15) is 24.7 Å². The Morgan fingerprint density at radius 1 is 1.19 bits per heavy atom. The number of pyridine rings is 1. The number of nitrogens with zero attached hydrogens (tertiary/aromatic N) is 3. The van der Waals surface area contributed by atoms with Crippen LogP contribution in [0.4, 0.5) is 5.69 Å². The second-order valence-electron chi connectivity index (χ2n) is 5.35. The van der Waals surface area contributed by atoms with Gasteiger partial charge in [-0.1, -0.05) is 0 Å². The molecular weight excluding hydrogens is 264 g/mol. The van der Waals surface area contributed by atoms with Gasteiger partial charge in [-0.2, -0.15) is 0 Å². The fraction of sp³-hybridized carbons (Fsp3) is 0.250. The molecule has 3 aromatic rings. The highest BCUT2D eigenvalue weighted by molar-refractivity contribution is 5.75. The molecule has 0 amide bonds. The number of anilines is 1. The Balaban J connectivity index is 1.63. The van der Waals surface area contributed by atoms with E-state index in [1.165, 1.54) is 12.8 Å². The van der Waals surface area contributed by atoms with E-state index in [0.717, 1.165) is 28.3 Å². The van der Waals surface area contributed by atoms with Crippen LogP contribution < -0.4 is 10.5 Å². The fourth-order valence-corrected chi connectivity index (χ4v) is 2.55. The number of nitrogens with two attached hydrogens (primary N) is 1. The smallest absolute Gasteiger partial charge is 0.148 e. The number of nitrogen functional groups attached to an aromatic ring is 1. The Bertz CT molecular complexity index is 775. The maximum absolute atomic E-state index is 5.84. The zero-order valence-electron chi connectivity index (χ0n) is 11.6. The molecule has 5 heteroatoms. The minimum Gasteiger partial charge on any atom is -0.486 e. The molecule has 1 aliphatic carbocycles. The van der Waals surface area contributed by atoms with Crippen LogP contribution >= 0.6 is 0 Å². The van der Waals surface area contributed by atoms with Crippen molar-refractivity contribution < 1.29 is 4.74 Å². The maximum Gasteiger partial charge on any atom is 0.148 e. The van der Waals surface area contributed by atoms with E-state index >= 15 is 0 Å². The molecule has 0 aliphatic heterocycles. The number of aromatic nitrogens is 3. The molecule has 0 unspecified atom stereocenters. The van der Waals surface area contributed by atoms with Crippen LogP contribution in [0.3, 0.4) is 0 Å². The summed E-state index contributed by atoms with van der Waals surface area (Å²) in [7, 11) is 0. The fourth-order valence-electron chi connectivity index (χ4n) is 2.55. The summed E-state index contributed by atoms with van der Waals surface area (Å²) in [6, 6.07) is 10.0. The first-order valence-corrected chi connectivity index (χ1v) is 7.10. The third kappa shape index (κ3) is 2.31. The Morgan fingerprint density at radius 3 is 2.76 bits per heavy atom. The molecule has 1 aromatic carbocycles. The average molecular weight is 280 g/mol. The number of imidazole rings is 1.